The number of esters is 1. The van der Waals surface area contributed by atoms with Gasteiger partial charge in [0.05, 0.1) is 12.2 Å². The minimum absolute atomic E-state index is 0.0144. The largest absolute Gasteiger partial charge is 0.450 e. The molecule has 2 aromatic heterocycles. The number of benzene rings is 1. The van der Waals surface area contributed by atoms with Crippen molar-refractivity contribution in [1.29, 1.82) is 0 Å². The third-order valence-corrected chi connectivity index (χ3v) is 6.08. The Hall–Kier alpha value is -2.18. The minimum atomic E-state index is -0.589. The van der Waals surface area contributed by atoms with Crippen LogP contribution in [0.25, 0.3) is 10.2 Å². The number of carbonyl (C=O) groups is 2. The molecule has 0 N–H and O–H groups in total. The number of nitrogens with zero attached hydrogens (tertiary/aromatic N) is 2. The van der Waals surface area contributed by atoms with Gasteiger partial charge in [0.2, 0.25) is 0 Å². The SMILES string of the molecule is Cc1nn(Cc2ccccc2Cl)c2sc(C(=O)O[C@H]3CCCC3=O)cc12. The van der Waals surface area contributed by atoms with Crippen LogP contribution < -0.4 is 0 Å². The van der Waals surface area contributed by atoms with E-state index in [4.69, 9.17) is 16.3 Å². The van der Waals surface area contributed by atoms with Crippen molar-refractivity contribution in [2.75, 3.05) is 0 Å². The smallest absolute Gasteiger partial charge is 0.349 e. The van der Waals surface area contributed by atoms with Crippen molar-refractivity contribution in [1.82, 2.24) is 9.78 Å². The van der Waals surface area contributed by atoms with E-state index < -0.39 is 12.1 Å². The highest BCUT2D eigenvalue weighted by molar-refractivity contribution is 7.20. The predicted molar refractivity (Wildman–Crippen MR) is 101 cm³/mol. The number of ketones is 1. The van der Waals surface area contributed by atoms with E-state index in [2.05, 4.69) is 5.10 Å². The van der Waals surface area contributed by atoms with Crippen LogP contribution in [0.1, 0.15) is 40.2 Å². The van der Waals surface area contributed by atoms with Gasteiger partial charge >= 0.3 is 5.97 Å². The molecular formula is C19H17ClN2O3S. The van der Waals surface area contributed by atoms with Gasteiger partial charge in [0.15, 0.2) is 11.9 Å². The summed E-state index contributed by atoms with van der Waals surface area (Å²) in [7, 11) is 0. The monoisotopic (exact) mass is 388 g/mol. The van der Waals surface area contributed by atoms with Crippen molar-refractivity contribution >= 4 is 44.9 Å². The number of Topliss-reactive ketones (excluding diaryl/α,β-unsaturated/α-hetero) is 1. The number of carbonyl (C=O) groups excluding carboxylic acids is 2. The highest BCUT2D eigenvalue weighted by atomic mass is 35.5. The molecule has 7 heteroatoms. The number of aryl methyl sites for hydroxylation is 1. The molecule has 1 saturated carbocycles. The molecule has 0 amide bonds. The molecule has 26 heavy (non-hydrogen) atoms. The van der Waals surface area contributed by atoms with Crippen LogP contribution in [-0.2, 0) is 16.1 Å². The van der Waals surface area contributed by atoms with Crippen LogP contribution in [0.3, 0.4) is 0 Å². The fourth-order valence-electron chi connectivity index (χ4n) is 3.20. The van der Waals surface area contributed by atoms with Crippen LogP contribution in [0.15, 0.2) is 30.3 Å². The van der Waals surface area contributed by atoms with Gasteiger partial charge in [-0.2, -0.15) is 5.10 Å². The summed E-state index contributed by atoms with van der Waals surface area (Å²) in [6.07, 6.45) is 1.31. The van der Waals surface area contributed by atoms with E-state index >= 15 is 0 Å². The molecule has 0 saturated heterocycles. The van der Waals surface area contributed by atoms with Crippen molar-refractivity contribution in [2.45, 2.75) is 38.8 Å². The molecule has 0 unspecified atom stereocenters. The highest BCUT2D eigenvalue weighted by Crippen LogP contribution is 2.31. The molecule has 1 atom stereocenters. The Bertz CT molecular complexity index is 1010. The van der Waals surface area contributed by atoms with Gasteiger partial charge < -0.3 is 4.74 Å². The number of fused-ring (bicyclic) bond motifs is 1. The maximum atomic E-state index is 12.4. The molecule has 2 heterocycles. The van der Waals surface area contributed by atoms with Gasteiger partial charge in [-0.25, -0.2) is 4.79 Å². The van der Waals surface area contributed by atoms with E-state index in [1.807, 2.05) is 35.9 Å². The van der Waals surface area contributed by atoms with E-state index in [-0.39, 0.29) is 5.78 Å². The molecule has 0 spiro atoms. The summed E-state index contributed by atoms with van der Waals surface area (Å²) in [6, 6.07) is 9.43. The van der Waals surface area contributed by atoms with E-state index in [1.165, 1.54) is 11.3 Å². The maximum Gasteiger partial charge on any atom is 0.349 e. The fraction of sp³-hybridized carbons (Fsp3) is 0.316. The molecule has 1 aliphatic carbocycles. The number of ether oxygens (including phenoxy) is 1. The molecule has 4 rings (SSSR count). The van der Waals surface area contributed by atoms with Crippen LogP contribution in [0, 0.1) is 6.92 Å². The van der Waals surface area contributed by atoms with Crippen LogP contribution >= 0.6 is 22.9 Å². The quantitative estimate of drug-likeness (QED) is 0.622. The van der Waals surface area contributed by atoms with Crippen LogP contribution in [0.4, 0.5) is 0 Å². The molecule has 1 fully saturated rings. The summed E-state index contributed by atoms with van der Waals surface area (Å²) in [5.74, 6) is -0.421. The van der Waals surface area contributed by atoms with Gasteiger partial charge in [0, 0.05) is 16.8 Å². The Kier molecular flexibility index (Phi) is 4.54. The summed E-state index contributed by atoms with van der Waals surface area (Å²) in [6.45, 7) is 2.44. The van der Waals surface area contributed by atoms with E-state index in [0.29, 0.717) is 29.3 Å². The molecule has 0 aliphatic heterocycles. The lowest BCUT2D eigenvalue weighted by molar-refractivity contribution is -0.124. The second-order valence-electron chi connectivity index (χ2n) is 6.42. The Labute approximate surface area is 159 Å². The Balaban J connectivity index is 1.62. The zero-order valence-electron chi connectivity index (χ0n) is 14.2. The molecule has 1 aromatic carbocycles. The van der Waals surface area contributed by atoms with Gasteiger partial charge in [-0.05, 0) is 37.5 Å². The van der Waals surface area contributed by atoms with E-state index in [9.17, 15) is 9.59 Å². The van der Waals surface area contributed by atoms with Gasteiger partial charge in [0.1, 0.15) is 9.71 Å². The number of hydrogen-bond donors (Lipinski definition) is 0. The number of aromatic nitrogens is 2. The Morgan fingerprint density at radius 1 is 1.42 bits per heavy atom. The second-order valence-corrected chi connectivity index (χ2v) is 7.85. The van der Waals surface area contributed by atoms with Crippen LogP contribution in [0.5, 0.6) is 0 Å². The third kappa shape index (κ3) is 3.15. The first kappa shape index (κ1) is 17.2. The van der Waals surface area contributed by atoms with Crippen molar-refractivity contribution in [3.8, 4) is 0 Å². The van der Waals surface area contributed by atoms with Crippen molar-refractivity contribution in [3.05, 3.63) is 51.5 Å². The highest BCUT2D eigenvalue weighted by Gasteiger charge is 2.29. The number of hydrogen-bond acceptors (Lipinski definition) is 5. The first-order valence-corrected chi connectivity index (χ1v) is 9.66. The lowest BCUT2D eigenvalue weighted by Crippen LogP contribution is -2.21. The first-order valence-electron chi connectivity index (χ1n) is 8.47. The Morgan fingerprint density at radius 3 is 2.96 bits per heavy atom. The van der Waals surface area contributed by atoms with Crippen molar-refractivity contribution < 1.29 is 14.3 Å². The summed E-state index contributed by atoms with van der Waals surface area (Å²) >= 11 is 7.59. The van der Waals surface area contributed by atoms with E-state index in [0.717, 1.165) is 27.9 Å². The molecule has 0 radical (unpaired) electrons. The minimum Gasteiger partial charge on any atom is -0.450 e. The molecule has 134 valence electrons. The predicted octanol–water partition coefficient (Wildman–Crippen LogP) is 4.39. The lowest BCUT2D eigenvalue weighted by Gasteiger charge is -2.08. The second kappa shape index (κ2) is 6.85. The average molecular weight is 389 g/mol. The third-order valence-electron chi connectivity index (χ3n) is 4.58. The van der Waals surface area contributed by atoms with Gasteiger partial charge in [-0.3, -0.25) is 9.48 Å². The molecular weight excluding hydrogens is 372 g/mol. The first-order chi connectivity index (χ1) is 12.5. The molecule has 5 nitrogen and oxygen atoms in total. The molecule has 0 bridgehead atoms. The van der Waals surface area contributed by atoms with Crippen molar-refractivity contribution in [3.63, 3.8) is 0 Å². The van der Waals surface area contributed by atoms with Crippen LogP contribution in [0.2, 0.25) is 5.02 Å². The molecule has 1 aliphatic rings. The topological polar surface area (TPSA) is 61.2 Å². The summed E-state index contributed by atoms with van der Waals surface area (Å²) in [5.41, 5.74) is 1.81. The molecule has 3 aromatic rings. The summed E-state index contributed by atoms with van der Waals surface area (Å²) in [5, 5.41) is 6.17. The number of thiophene rings is 1. The van der Waals surface area contributed by atoms with E-state index in [1.54, 1.807) is 6.07 Å². The zero-order valence-corrected chi connectivity index (χ0v) is 15.8. The lowest BCUT2D eigenvalue weighted by atomic mass is 10.2. The van der Waals surface area contributed by atoms with Gasteiger partial charge in [-0.15, -0.1) is 11.3 Å². The average Bonchev–Trinajstić information content (AvgIpc) is 3.29. The fourth-order valence-corrected chi connectivity index (χ4v) is 4.44. The summed E-state index contributed by atoms with van der Waals surface area (Å²) < 4.78 is 7.25. The van der Waals surface area contributed by atoms with Crippen molar-refractivity contribution in [2.24, 2.45) is 0 Å². The van der Waals surface area contributed by atoms with Crippen LogP contribution in [-0.4, -0.2) is 27.6 Å². The van der Waals surface area contributed by atoms with Gasteiger partial charge in [-0.1, -0.05) is 29.8 Å². The summed E-state index contributed by atoms with van der Waals surface area (Å²) in [4.78, 5) is 25.5. The number of halogens is 1. The Morgan fingerprint density at radius 2 is 2.23 bits per heavy atom. The maximum absolute atomic E-state index is 12.4. The normalized spacial score (nSPS) is 17.2. The van der Waals surface area contributed by atoms with Gasteiger partial charge in [0.25, 0.3) is 0 Å². The number of rotatable bonds is 4. The zero-order chi connectivity index (χ0) is 18.3. The standard InChI is InChI=1S/C19H17ClN2O3S/c1-11-13-9-17(19(24)25-16-8-4-7-15(16)23)26-18(13)22(21-11)10-12-5-2-3-6-14(12)20/h2-3,5-6,9,16H,4,7-8,10H2,1H3/t16-/m0/s1.